The van der Waals surface area contributed by atoms with Gasteiger partial charge in [0.1, 0.15) is 5.75 Å². The van der Waals surface area contributed by atoms with Crippen LogP contribution in [-0.4, -0.2) is 36.2 Å². The van der Waals surface area contributed by atoms with Crippen molar-refractivity contribution in [2.24, 2.45) is 0 Å². The Hall–Kier alpha value is -2.30. The van der Waals surface area contributed by atoms with E-state index in [1.54, 1.807) is 13.2 Å². The van der Waals surface area contributed by atoms with E-state index in [-0.39, 0.29) is 5.91 Å². The average Bonchev–Trinajstić information content (AvgIpc) is 3.18. The van der Waals surface area contributed by atoms with Gasteiger partial charge in [0, 0.05) is 25.1 Å². The molecular weight excluding hydrogens is 256 g/mol. The molecule has 1 unspecified atom stereocenters. The van der Waals surface area contributed by atoms with Crippen LogP contribution >= 0.6 is 0 Å². The van der Waals surface area contributed by atoms with Gasteiger partial charge in [0.2, 0.25) is 5.76 Å². The Bertz CT molecular complexity index is 578. The highest BCUT2D eigenvalue weighted by Crippen LogP contribution is 2.29. The summed E-state index contributed by atoms with van der Waals surface area (Å²) >= 11 is 0. The third-order valence-corrected chi connectivity index (χ3v) is 3.71. The van der Waals surface area contributed by atoms with E-state index in [1.807, 2.05) is 17.0 Å². The van der Waals surface area contributed by atoms with E-state index in [2.05, 4.69) is 17.3 Å². The van der Waals surface area contributed by atoms with Gasteiger partial charge >= 0.3 is 0 Å². The van der Waals surface area contributed by atoms with E-state index in [0.29, 0.717) is 18.2 Å². The Morgan fingerprint density at radius 1 is 1.35 bits per heavy atom. The summed E-state index contributed by atoms with van der Waals surface area (Å²) in [5.41, 5.74) is 1.23. The van der Waals surface area contributed by atoms with E-state index >= 15 is 0 Å². The van der Waals surface area contributed by atoms with Gasteiger partial charge in [-0.3, -0.25) is 4.79 Å². The molecular formula is C15H16N2O3. The molecule has 0 N–H and O–H groups in total. The highest BCUT2D eigenvalue weighted by atomic mass is 16.5. The van der Waals surface area contributed by atoms with Crippen molar-refractivity contribution in [2.45, 2.75) is 12.3 Å². The van der Waals surface area contributed by atoms with Crippen LogP contribution in [0.4, 0.5) is 0 Å². The van der Waals surface area contributed by atoms with Crippen LogP contribution in [0.2, 0.25) is 0 Å². The normalized spacial score (nSPS) is 18.2. The zero-order valence-electron chi connectivity index (χ0n) is 11.3. The molecule has 20 heavy (non-hydrogen) atoms. The quantitative estimate of drug-likeness (QED) is 0.860. The lowest BCUT2D eigenvalue weighted by molar-refractivity contribution is 0.0749. The summed E-state index contributed by atoms with van der Waals surface area (Å²) in [5.74, 6) is 1.44. The van der Waals surface area contributed by atoms with Crippen LogP contribution in [0.15, 0.2) is 41.1 Å². The molecule has 1 aliphatic rings. The van der Waals surface area contributed by atoms with E-state index in [4.69, 9.17) is 9.26 Å². The standard InChI is InChI=1S/C15H16N2O3/c1-19-13-4-2-11(3-5-13)12-7-9-17(10-12)15(18)14-6-8-16-20-14/h2-6,8,12H,7,9-10H2,1H3. The van der Waals surface area contributed by atoms with Gasteiger partial charge in [0.15, 0.2) is 0 Å². The van der Waals surface area contributed by atoms with E-state index in [1.165, 1.54) is 11.8 Å². The first-order valence-electron chi connectivity index (χ1n) is 6.62. The number of aromatic nitrogens is 1. The van der Waals surface area contributed by atoms with Crippen LogP contribution in [-0.2, 0) is 0 Å². The van der Waals surface area contributed by atoms with E-state index in [9.17, 15) is 4.79 Å². The van der Waals surface area contributed by atoms with Crippen LogP contribution in [0.1, 0.15) is 28.5 Å². The molecule has 3 rings (SSSR count). The summed E-state index contributed by atoms with van der Waals surface area (Å²) in [6.45, 7) is 1.46. The molecule has 0 aliphatic carbocycles. The van der Waals surface area contributed by atoms with Crippen LogP contribution < -0.4 is 4.74 Å². The third kappa shape index (κ3) is 2.39. The van der Waals surface area contributed by atoms with Gasteiger partial charge in [-0.25, -0.2) is 0 Å². The Balaban J connectivity index is 1.68. The van der Waals surface area contributed by atoms with Crippen molar-refractivity contribution >= 4 is 5.91 Å². The number of benzene rings is 1. The second-order valence-electron chi connectivity index (χ2n) is 4.89. The maximum Gasteiger partial charge on any atom is 0.292 e. The molecule has 0 bridgehead atoms. The molecule has 0 saturated carbocycles. The molecule has 0 radical (unpaired) electrons. The average molecular weight is 272 g/mol. The summed E-state index contributed by atoms with van der Waals surface area (Å²) in [6.07, 6.45) is 2.45. The number of nitrogens with zero attached hydrogens (tertiary/aromatic N) is 2. The molecule has 2 aromatic rings. The lowest BCUT2D eigenvalue weighted by Gasteiger charge is -2.15. The van der Waals surface area contributed by atoms with Crippen LogP contribution in [0.25, 0.3) is 0 Å². The highest BCUT2D eigenvalue weighted by Gasteiger charge is 2.29. The van der Waals surface area contributed by atoms with E-state index in [0.717, 1.165) is 18.7 Å². The first-order valence-corrected chi connectivity index (χ1v) is 6.62. The monoisotopic (exact) mass is 272 g/mol. The van der Waals surface area contributed by atoms with Crippen molar-refractivity contribution in [1.29, 1.82) is 0 Å². The lowest BCUT2D eigenvalue weighted by atomic mass is 9.98. The number of methoxy groups -OCH3 is 1. The predicted molar refractivity (Wildman–Crippen MR) is 72.8 cm³/mol. The minimum atomic E-state index is -0.0847. The number of carbonyl (C=O) groups excluding carboxylic acids is 1. The Morgan fingerprint density at radius 3 is 2.80 bits per heavy atom. The zero-order chi connectivity index (χ0) is 13.9. The highest BCUT2D eigenvalue weighted by molar-refractivity contribution is 5.91. The van der Waals surface area contributed by atoms with Crippen molar-refractivity contribution in [3.63, 3.8) is 0 Å². The molecule has 1 atom stereocenters. The molecule has 0 spiro atoms. The Morgan fingerprint density at radius 2 is 2.15 bits per heavy atom. The fourth-order valence-corrected chi connectivity index (χ4v) is 2.57. The molecule has 2 heterocycles. The number of likely N-dealkylation sites (tertiary alicyclic amines) is 1. The van der Waals surface area contributed by atoms with Crippen molar-refractivity contribution < 1.29 is 14.1 Å². The minimum absolute atomic E-state index is 0.0847. The van der Waals surface area contributed by atoms with Crippen molar-refractivity contribution in [1.82, 2.24) is 10.1 Å². The largest absolute Gasteiger partial charge is 0.497 e. The number of amides is 1. The number of rotatable bonds is 3. The second kappa shape index (κ2) is 5.36. The number of hydrogen-bond acceptors (Lipinski definition) is 4. The number of carbonyl (C=O) groups is 1. The summed E-state index contributed by atoms with van der Waals surface area (Å²) in [5, 5.41) is 3.57. The van der Waals surface area contributed by atoms with Crippen molar-refractivity contribution in [3.05, 3.63) is 47.9 Å². The molecule has 1 amide bonds. The first kappa shape index (κ1) is 12.7. The Labute approximate surface area is 117 Å². The smallest absolute Gasteiger partial charge is 0.292 e. The van der Waals surface area contributed by atoms with Crippen molar-refractivity contribution in [2.75, 3.05) is 20.2 Å². The molecule has 1 aromatic carbocycles. The number of ether oxygens (including phenoxy) is 1. The SMILES string of the molecule is COc1ccc(C2CCN(C(=O)c3ccno3)C2)cc1. The first-order chi connectivity index (χ1) is 9.78. The lowest BCUT2D eigenvalue weighted by Crippen LogP contribution is -2.28. The summed E-state index contributed by atoms with van der Waals surface area (Å²) < 4.78 is 10.1. The molecule has 1 aromatic heterocycles. The topological polar surface area (TPSA) is 55.6 Å². The van der Waals surface area contributed by atoms with Gasteiger partial charge in [-0.2, -0.15) is 0 Å². The van der Waals surface area contributed by atoms with Gasteiger partial charge in [0.25, 0.3) is 5.91 Å². The maximum atomic E-state index is 12.2. The summed E-state index contributed by atoms with van der Waals surface area (Å²) in [7, 11) is 1.66. The Kier molecular flexibility index (Phi) is 3.41. The minimum Gasteiger partial charge on any atom is -0.497 e. The number of hydrogen-bond donors (Lipinski definition) is 0. The molecule has 1 saturated heterocycles. The van der Waals surface area contributed by atoms with Gasteiger partial charge in [-0.15, -0.1) is 0 Å². The second-order valence-corrected chi connectivity index (χ2v) is 4.89. The van der Waals surface area contributed by atoms with Crippen LogP contribution in [0.3, 0.4) is 0 Å². The molecule has 104 valence electrons. The summed E-state index contributed by atoms with van der Waals surface area (Å²) in [6, 6.07) is 9.63. The third-order valence-electron chi connectivity index (χ3n) is 3.71. The van der Waals surface area contributed by atoms with Gasteiger partial charge in [-0.1, -0.05) is 17.3 Å². The van der Waals surface area contributed by atoms with Gasteiger partial charge in [-0.05, 0) is 24.1 Å². The van der Waals surface area contributed by atoms with E-state index < -0.39 is 0 Å². The van der Waals surface area contributed by atoms with Crippen molar-refractivity contribution in [3.8, 4) is 5.75 Å². The maximum absolute atomic E-state index is 12.2. The zero-order valence-corrected chi connectivity index (χ0v) is 11.3. The molecule has 5 heteroatoms. The van der Waals surface area contributed by atoms with Crippen LogP contribution in [0, 0.1) is 0 Å². The molecule has 5 nitrogen and oxygen atoms in total. The predicted octanol–water partition coefficient (Wildman–Crippen LogP) is 2.31. The molecule has 1 fully saturated rings. The summed E-state index contributed by atoms with van der Waals surface area (Å²) in [4.78, 5) is 14.0. The fourth-order valence-electron chi connectivity index (χ4n) is 2.57. The van der Waals surface area contributed by atoms with Crippen LogP contribution in [0.5, 0.6) is 5.75 Å². The van der Waals surface area contributed by atoms with Gasteiger partial charge in [0.05, 0.1) is 13.3 Å². The fraction of sp³-hybridized carbons (Fsp3) is 0.333. The van der Waals surface area contributed by atoms with Gasteiger partial charge < -0.3 is 14.2 Å². The molecule has 1 aliphatic heterocycles.